The number of fused-ring (bicyclic) bond motifs is 1. The number of nitrogens with one attached hydrogen (secondary N) is 1. The molecule has 0 radical (unpaired) electrons. The molecule has 1 saturated carbocycles. The number of carbonyl (C=O) groups is 1. The van der Waals surface area contributed by atoms with E-state index >= 15 is 0 Å². The van der Waals surface area contributed by atoms with Gasteiger partial charge in [-0.15, -0.1) is 0 Å². The summed E-state index contributed by atoms with van der Waals surface area (Å²) in [5.74, 6) is -0.393. The molecule has 1 fully saturated rings. The van der Waals surface area contributed by atoms with Crippen LogP contribution in [0.1, 0.15) is 42.7 Å². The van der Waals surface area contributed by atoms with E-state index in [9.17, 15) is 19.9 Å². The highest BCUT2D eigenvalue weighted by Crippen LogP contribution is 2.29. The van der Waals surface area contributed by atoms with E-state index in [1.54, 1.807) is 42.8 Å². The summed E-state index contributed by atoms with van der Waals surface area (Å²) in [5, 5.41) is 23.9. The van der Waals surface area contributed by atoms with E-state index in [0.29, 0.717) is 28.0 Å². The lowest BCUT2D eigenvalue weighted by molar-refractivity contribution is -0.912. The highest BCUT2D eigenvalue weighted by atomic mass is 79.9. The maximum Gasteiger partial charge on any atom is 0.264 e. The van der Waals surface area contributed by atoms with Crippen molar-refractivity contribution in [2.75, 3.05) is 0 Å². The van der Waals surface area contributed by atoms with Gasteiger partial charge in [0.25, 0.3) is 11.6 Å². The Morgan fingerprint density at radius 2 is 1.97 bits per heavy atom. The third-order valence-corrected chi connectivity index (χ3v) is 6.43. The molecule has 0 aliphatic heterocycles. The number of hydrogen-bond donors (Lipinski definition) is 3. The summed E-state index contributed by atoms with van der Waals surface area (Å²) in [6.45, 7) is 3.19. The quantitative estimate of drug-likeness (QED) is 0.268. The minimum Gasteiger partial charge on any atom is -0.379 e. The summed E-state index contributed by atoms with van der Waals surface area (Å²) >= 11 is 3.56. The molecule has 0 unspecified atom stereocenters. The second-order valence-electron chi connectivity index (χ2n) is 9.27. The second-order valence-corrected chi connectivity index (χ2v) is 10.2. The number of hydrogen-bond acceptors (Lipinski definition) is 5. The molecule has 1 amide bonds. The first-order valence-electron chi connectivity index (χ1n) is 11.2. The van der Waals surface area contributed by atoms with Crippen molar-refractivity contribution in [3.05, 3.63) is 87.0 Å². The lowest BCUT2D eigenvalue weighted by Gasteiger charge is -2.15. The summed E-state index contributed by atoms with van der Waals surface area (Å²) in [6.07, 6.45) is 6.49. The van der Waals surface area contributed by atoms with Gasteiger partial charge in [-0.2, -0.15) is 0 Å². The summed E-state index contributed by atoms with van der Waals surface area (Å²) in [6, 6.07) is 12.6. The molecule has 0 saturated heterocycles. The predicted molar refractivity (Wildman–Crippen MR) is 134 cm³/mol. The maximum absolute atomic E-state index is 13.1. The zero-order valence-corrected chi connectivity index (χ0v) is 20.8. The molecule has 0 bridgehead atoms. The molecule has 3 aromatic heterocycles. The first-order chi connectivity index (χ1) is 16.6. The van der Waals surface area contributed by atoms with Crippen LogP contribution in [0.15, 0.2) is 70.3 Å². The van der Waals surface area contributed by atoms with E-state index in [2.05, 4.69) is 26.2 Å². The monoisotopic (exact) mass is 535 g/mol. The largest absolute Gasteiger partial charge is 0.379 e. The molecule has 0 spiro atoms. The Kier molecular flexibility index (Phi) is 5.69. The van der Waals surface area contributed by atoms with E-state index in [1.807, 2.05) is 24.3 Å². The molecular weight excluding hydrogens is 512 g/mol. The average Bonchev–Trinajstić information content (AvgIpc) is 3.62. The number of pyridine rings is 3. The van der Waals surface area contributed by atoms with Crippen molar-refractivity contribution >= 4 is 32.9 Å². The molecule has 9 heteroatoms. The number of carbonyl (C=O) groups excluding carboxylic acids is 1. The molecule has 5 rings (SSSR count). The van der Waals surface area contributed by atoms with Gasteiger partial charge < -0.3 is 15.0 Å². The van der Waals surface area contributed by atoms with Crippen molar-refractivity contribution in [1.29, 1.82) is 0 Å². The van der Waals surface area contributed by atoms with Crippen molar-refractivity contribution in [3.8, 4) is 16.8 Å². The second kappa shape index (κ2) is 8.58. The van der Waals surface area contributed by atoms with Crippen LogP contribution in [-0.2, 0) is 5.60 Å². The number of rotatable bonds is 5. The van der Waals surface area contributed by atoms with Crippen LogP contribution >= 0.6 is 15.9 Å². The van der Waals surface area contributed by atoms with E-state index in [1.165, 1.54) is 12.4 Å². The van der Waals surface area contributed by atoms with E-state index < -0.39 is 11.5 Å². The van der Waals surface area contributed by atoms with Crippen LogP contribution < -0.4 is 15.5 Å². The van der Waals surface area contributed by atoms with Gasteiger partial charge in [0, 0.05) is 39.4 Å². The first-order valence-corrected chi connectivity index (χ1v) is 12.0. The number of aromatic nitrogens is 3. The Morgan fingerprint density at radius 3 is 2.66 bits per heavy atom. The van der Waals surface area contributed by atoms with Gasteiger partial charge in [0.05, 0.1) is 10.9 Å². The van der Waals surface area contributed by atoms with Crippen LogP contribution in [0.25, 0.3) is 27.8 Å². The van der Waals surface area contributed by atoms with Gasteiger partial charge in [0.1, 0.15) is 16.8 Å². The predicted octanol–water partition coefficient (Wildman–Crippen LogP) is 3.46. The SMILES string of the molecule is CC(C)(O)c1ccc(-c2cc(Br)cc(-n3cc(C(=O)NC4CC4)c(=O)c4cccnc43)c2)c[n+]1O. The Labute approximate surface area is 209 Å². The van der Waals surface area contributed by atoms with Crippen LogP contribution in [0.5, 0.6) is 0 Å². The van der Waals surface area contributed by atoms with Crippen molar-refractivity contribution in [2.45, 2.75) is 38.3 Å². The molecular formula is C26H24BrN4O4+. The summed E-state index contributed by atoms with van der Waals surface area (Å²) in [4.78, 5) is 30.4. The van der Waals surface area contributed by atoms with Crippen molar-refractivity contribution in [3.63, 3.8) is 0 Å². The first kappa shape index (κ1) is 23.2. The minimum atomic E-state index is -1.21. The van der Waals surface area contributed by atoms with Gasteiger partial charge in [0.2, 0.25) is 11.6 Å². The summed E-state index contributed by atoms with van der Waals surface area (Å²) in [5.41, 5.74) is 1.41. The average molecular weight is 536 g/mol. The van der Waals surface area contributed by atoms with Crippen LogP contribution in [0, 0.1) is 0 Å². The molecule has 178 valence electrons. The Balaban J connectivity index is 1.67. The van der Waals surface area contributed by atoms with Gasteiger partial charge in [-0.3, -0.25) is 14.8 Å². The summed E-state index contributed by atoms with van der Waals surface area (Å²) < 4.78 is 3.39. The minimum absolute atomic E-state index is 0.0571. The van der Waals surface area contributed by atoms with Crippen molar-refractivity contribution < 1.29 is 19.8 Å². The zero-order chi connectivity index (χ0) is 24.9. The molecule has 3 heterocycles. The zero-order valence-electron chi connectivity index (χ0n) is 19.2. The van der Waals surface area contributed by atoms with Crippen LogP contribution in [-0.4, -0.2) is 31.8 Å². The number of amides is 1. The fraction of sp³-hybridized carbons (Fsp3) is 0.231. The van der Waals surface area contributed by atoms with Gasteiger partial charge in [-0.05, 0) is 68.7 Å². The van der Waals surface area contributed by atoms with E-state index in [-0.39, 0.29) is 17.0 Å². The van der Waals surface area contributed by atoms with Gasteiger partial charge in [0.15, 0.2) is 0 Å². The summed E-state index contributed by atoms with van der Waals surface area (Å²) in [7, 11) is 0. The van der Waals surface area contributed by atoms with Crippen molar-refractivity contribution in [2.24, 2.45) is 0 Å². The van der Waals surface area contributed by atoms with Gasteiger partial charge in [-0.25, -0.2) is 4.98 Å². The van der Waals surface area contributed by atoms with E-state index in [0.717, 1.165) is 27.6 Å². The van der Waals surface area contributed by atoms with Crippen LogP contribution in [0.3, 0.4) is 0 Å². The fourth-order valence-corrected chi connectivity index (χ4v) is 4.51. The molecule has 1 aromatic carbocycles. The Bertz CT molecular complexity index is 1540. The third kappa shape index (κ3) is 4.56. The molecule has 1 aliphatic carbocycles. The maximum atomic E-state index is 13.1. The number of benzene rings is 1. The molecule has 3 N–H and O–H groups in total. The lowest BCUT2D eigenvalue weighted by atomic mass is 10.0. The normalized spacial score (nSPS) is 13.7. The number of nitrogens with zero attached hydrogens (tertiary/aromatic N) is 3. The highest BCUT2D eigenvalue weighted by Gasteiger charge is 2.29. The highest BCUT2D eigenvalue weighted by molar-refractivity contribution is 9.10. The molecule has 4 aromatic rings. The smallest absolute Gasteiger partial charge is 0.264 e. The molecule has 0 atom stereocenters. The molecule has 8 nitrogen and oxygen atoms in total. The molecule has 35 heavy (non-hydrogen) atoms. The van der Waals surface area contributed by atoms with E-state index in [4.69, 9.17) is 0 Å². The lowest BCUT2D eigenvalue weighted by Crippen LogP contribution is -2.41. The van der Waals surface area contributed by atoms with Crippen LogP contribution in [0.4, 0.5) is 0 Å². The topological polar surface area (TPSA) is 108 Å². The molecule has 1 aliphatic rings. The number of aliphatic hydroxyl groups is 1. The third-order valence-electron chi connectivity index (χ3n) is 5.97. The Hall–Kier alpha value is -3.56. The van der Waals surface area contributed by atoms with Gasteiger partial charge in [-0.1, -0.05) is 15.9 Å². The number of halogens is 1. The van der Waals surface area contributed by atoms with Gasteiger partial charge >= 0.3 is 0 Å². The Morgan fingerprint density at radius 1 is 1.20 bits per heavy atom. The fourth-order valence-electron chi connectivity index (χ4n) is 4.03. The van der Waals surface area contributed by atoms with Crippen LogP contribution in [0.2, 0.25) is 0 Å². The standard InChI is InChI=1S/C26H23BrN4O4/c1-26(2,34)22-8-5-15(13-31(22)35)16-10-17(27)12-19(11-16)30-14-21(25(33)29-18-6-7-18)23(32)20-4-3-9-28-24(20)30/h3-5,8-14,18,34H,6-7H2,1-2H3,(H-,29,33,35)/p+1. The van der Waals surface area contributed by atoms with Crippen molar-refractivity contribution in [1.82, 2.24) is 14.9 Å².